The summed E-state index contributed by atoms with van der Waals surface area (Å²) in [6, 6.07) is 14.8. The first-order valence-electron chi connectivity index (χ1n) is 9.35. The first-order chi connectivity index (χ1) is 15.3. The first-order valence-corrected chi connectivity index (χ1v) is 10.1. The van der Waals surface area contributed by atoms with E-state index in [1.165, 1.54) is 24.4 Å². The van der Waals surface area contributed by atoms with Crippen molar-refractivity contribution >= 4 is 52.8 Å². The Morgan fingerprint density at radius 1 is 1.00 bits per heavy atom. The van der Waals surface area contributed by atoms with E-state index in [0.29, 0.717) is 32.8 Å². The van der Waals surface area contributed by atoms with E-state index in [2.05, 4.69) is 21.2 Å². The lowest BCUT2D eigenvalue weighted by atomic mass is 10.1. The number of hydrogen-bond acceptors (Lipinski definition) is 5. The molecule has 0 fully saturated rings. The number of aryl methyl sites for hydroxylation is 1. The van der Waals surface area contributed by atoms with Crippen LogP contribution in [0.4, 0.5) is 5.69 Å². The fourth-order valence-electron chi connectivity index (χ4n) is 2.66. The summed E-state index contributed by atoms with van der Waals surface area (Å²) in [5.41, 5.74) is 4.07. The van der Waals surface area contributed by atoms with Crippen LogP contribution in [0.1, 0.15) is 27.4 Å². The number of anilines is 1. The van der Waals surface area contributed by atoms with Crippen LogP contribution in [0.2, 0.25) is 10.0 Å². The van der Waals surface area contributed by atoms with Crippen LogP contribution in [0.3, 0.4) is 0 Å². The van der Waals surface area contributed by atoms with Crippen LogP contribution in [0.25, 0.3) is 0 Å². The molecule has 2 aromatic carbocycles. The Bertz CT molecular complexity index is 1170. The molecule has 3 aromatic rings. The van der Waals surface area contributed by atoms with E-state index < -0.39 is 11.8 Å². The van der Waals surface area contributed by atoms with Gasteiger partial charge in [0.05, 0.1) is 12.8 Å². The zero-order valence-electron chi connectivity index (χ0n) is 16.8. The van der Waals surface area contributed by atoms with Crippen molar-refractivity contribution in [1.82, 2.24) is 10.7 Å². The van der Waals surface area contributed by atoms with Crippen molar-refractivity contribution in [1.29, 1.82) is 0 Å². The lowest BCUT2D eigenvalue weighted by molar-refractivity contribution is -0.136. The highest BCUT2D eigenvalue weighted by molar-refractivity contribution is 6.40. The summed E-state index contributed by atoms with van der Waals surface area (Å²) in [5.74, 6) is -1.33. The summed E-state index contributed by atoms with van der Waals surface area (Å²) >= 11 is 11.7. The van der Waals surface area contributed by atoms with Crippen LogP contribution in [0.15, 0.2) is 64.1 Å². The fourth-order valence-corrected chi connectivity index (χ4v) is 3.19. The molecule has 3 N–H and O–H groups in total. The van der Waals surface area contributed by atoms with Gasteiger partial charge in [-0.05, 0) is 48.9 Å². The Morgan fingerprint density at radius 3 is 2.44 bits per heavy atom. The molecule has 164 valence electrons. The number of halogens is 2. The zero-order valence-corrected chi connectivity index (χ0v) is 18.3. The molecular formula is C22H18Cl2N4O4. The third-order valence-corrected chi connectivity index (χ3v) is 4.62. The number of rotatable bonds is 6. The van der Waals surface area contributed by atoms with Gasteiger partial charge in [-0.2, -0.15) is 5.10 Å². The minimum atomic E-state index is -0.879. The normalized spacial score (nSPS) is 10.7. The van der Waals surface area contributed by atoms with Gasteiger partial charge in [-0.3, -0.25) is 14.4 Å². The molecule has 3 rings (SSSR count). The molecule has 0 aliphatic carbocycles. The molecule has 32 heavy (non-hydrogen) atoms. The van der Waals surface area contributed by atoms with Crippen molar-refractivity contribution in [3.63, 3.8) is 0 Å². The molecule has 10 heteroatoms. The standard InChI is InChI=1S/C22H18Cl2N4O4/c1-13-4-2-3-5-19(13)20(29)28-26-12-18-7-6-17(32-18)11-25-21(30)22(31)27-16-9-14(23)8-15(24)10-16/h2-10,12H,11H2,1H3,(H,25,30)(H,27,31)(H,28,29)/b26-12-. The molecule has 0 unspecified atom stereocenters. The van der Waals surface area contributed by atoms with Crippen molar-refractivity contribution in [2.75, 3.05) is 5.32 Å². The van der Waals surface area contributed by atoms with Gasteiger partial charge in [0, 0.05) is 21.3 Å². The van der Waals surface area contributed by atoms with E-state index in [1.807, 2.05) is 19.1 Å². The molecular weight excluding hydrogens is 455 g/mol. The lowest BCUT2D eigenvalue weighted by Crippen LogP contribution is -2.34. The molecule has 0 saturated carbocycles. The van der Waals surface area contributed by atoms with E-state index in [1.54, 1.807) is 24.3 Å². The number of hydrazone groups is 1. The van der Waals surface area contributed by atoms with Crippen molar-refractivity contribution in [3.05, 3.63) is 87.3 Å². The van der Waals surface area contributed by atoms with Crippen molar-refractivity contribution < 1.29 is 18.8 Å². The fraction of sp³-hybridized carbons (Fsp3) is 0.0909. The summed E-state index contributed by atoms with van der Waals surface area (Å²) in [7, 11) is 0. The van der Waals surface area contributed by atoms with Gasteiger partial charge in [-0.25, -0.2) is 5.43 Å². The minimum absolute atomic E-state index is 0.0219. The second-order valence-corrected chi connectivity index (χ2v) is 7.49. The van der Waals surface area contributed by atoms with Gasteiger partial charge in [-0.15, -0.1) is 0 Å². The summed E-state index contributed by atoms with van der Waals surface area (Å²) in [6.07, 6.45) is 1.33. The number of carbonyl (C=O) groups excluding carboxylic acids is 3. The average molecular weight is 473 g/mol. The van der Waals surface area contributed by atoms with Gasteiger partial charge in [0.15, 0.2) is 0 Å². The van der Waals surface area contributed by atoms with Gasteiger partial charge in [0.1, 0.15) is 11.5 Å². The molecule has 0 aliphatic rings. The van der Waals surface area contributed by atoms with Crippen LogP contribution in [-0.2, 0) is 16.1 Å². The summed E-state index contributed by atoms with van der Waals surface area (Å²) in [6.45, 7) is 1.81. The zero-order chi connectivity index (χ0) is 23.1. The number of hydrogen-bond donors (Lipinski definition) is 3. The Labute approximate surface area is 193 Å². The molecule has 1 aromatic heterocycles. The number of carbonyl (C=O) groups is 3. The molecule has 8 nitrogen and oxygen atoms in total. The summed E-state index contributed by atoms with van der Waals surface area (Å²) in [4.78, 5) is 36.1. The van der Waals surface area contributed by atoms with Crippen LogP contribution in [0.5, 0.6) is 0 Å². The van der Waals surface area contributed by atoms with Gasteiger partial charge in [0.2, 0.25) is 0 Å². The summed E-state index contributed by atoms with van der Waals surface area (Å²) in [5, 5.41) is 9.37. The van der Waals surface area contributed by atoms with Crippen molar-refractivity contribution in [2.24, 2.45) is 5.10 Å². The highest BCUT2D eigenvalue weighted by atomic mass is 35.5. The van der Waals surface area contributed by atoms with Gasteiger partial charge >= 0.3 is 11.8 Å². The topological polar surface area (TPSA) is 113 Å². The van der Waals surface area contributed by atoms with Gasteiger partial charge in [-0.1, -0.05) is 41.4 Å². The second-order valence-electron chi connectivity index (χ2n) is 6.61. The molecule has 1 heterocycles. The molecule has 0 atom stereocenters. The number of benzene rings is 2. The first kappa shape index (κ1) is 23.1. The predicted octanol–water partition coefficient (Wildman–Crippen LogP) is 3.91. The third-order valence-electron chi connectivity index (χ3n) is 4.18. The number of furan rings is 1. The van der Waals surface area contributed by atoms with Crippen LogP contribution in [-0.4, -0.2) is 23.9 Å². The average Bonchev–Trinajstić information content (AvgIpc) is 3.19. The molecule has 0 saturated heterocycles. The molecule has 3 amide bonds. The Balaban J connectivity index is 1.48. The van der Waals surface area contributed by atoms with Gasteiger partial charge < -0.3 is 15.1 Å². The lowest BCUT2D eigenvalue weighted by Gasteiger charge is -2.06. The SMILES string of the molecule is Cc1ccccc1C(=O)N/N=C\c1ccc(CNC(=O)C(=O)Nc2cc(Cl)cc(Cl)c2)o1. The van der Waals surface area contributed by atoms with Gasteiger partial charge in [0.25, 0.3) is 5.91 Å². The third kappa shape index (κ3) is 6.44. The van der Waals surface area contributed by atoms with E-state index in [-0.39, 0.29) is 12.5 Å². The Morgan fingerprint density at radius 2 is 1.72 bits per heavy atom. The number of nitrogens with one attached hydrogen (secondary N) is 3. The summed E-state index contributed by atoms with van der Waals surface area (Å²) < 4.78 is 5.49. The van der Waals surface area contributed by atoms with E-state index >= 15 is 0 Å². The van der Waals surface area contributed by atoms with Crippen LogP contribution in [0, 0.1) is 6.92 Å². The largest absolute Gasteiger partial charge is 0.458 e. The smallest absolute Gasteiger partial charge is 0.313 e. The number of amides is 3. The molecule has 0 radical (unpaired) electrons. The molecule has 0 aliphatic heterocycles. The van der Waals surface area contributed by atoms with Crippen molar-refractivity contribution in [3.8, 4) is 0 Å². The second kappa shape index (κ2) is 10.6. The minimum Gasteiger partial charge on any atom is -0.458 e. The molecule has 0 spiro atoms. The maximum absolute atomic E-state index is 12.1. The highest BCUT2D eigenvalue weighted by Crippen LogP contribution is 2.22. The maximum atomic E-state index is 12.1. The predicted molar refractivity (Wildman–Crippen MR) is 122 cm³/mol. The van der Waals surface area contributed by atoms with E-state index in [0.717, 1.165) is 5.56 Å². The van der Waals surface area contributed by atoms with Crippen molar-refractivity contribution in [2.45, 2.75) is 13.5 Å². The van der Waals surface area contributed by atoms with Crippen LogP contribution >= 0.6 is 23.2 Å². The van der Waals surface area contributed by atoms with Crippen LogP contribution < -0.4 is 16.1 Å². The highest BCUT2D eigenvalue weighted by Gasteiger charge is 2.15. The van der Waals surface area contributed by atoms with E-state index in [4.69, 9.17) is 27.6 Å². The quantitative estimate of drug-likeness (QED) is 0.286. The number of nitrogens with zero attached hydrogens (tertiary/aromatic N) is 1. The van der Waals surface area contributed by atoms with E-state index in [9.17, 15) is 14.4 Å². The maximum Gasteiger partial charge on any atom is 0.313 e. The Hall–Kier alpha value is -3.62. The molecule has 0 bridgehead atoms. The monoisotopic (exact) mass is 472 g/mol. The Kier molecular flexibility index (Phi) is 7.64.